The zero-order chi connectivity index (χ0) is 21.3. The second kappa shape index (κ2) is 8.21. The molecule has 156 valence electrons. The van der Waals surface area contributed by atoms with E-state index >= 15 is 0 Å². The quantitative estimate of drug-likeness (QED) is 0.461. The molecule has 0 spiro atoms. The number of carboxylic acids is 1. The monoisotopic (exact) mass is 408 g/mol. The number of ether oxygens (including phenoxy) is 2. The topological polar surface area (TPSA) is 167 Å². The Kier molecular flexibility index (Phi) is 5.89. The van der Waals surface area contributed by atoms with Crippen LogP contribution in [0.15, 0.2) is 33.5 Å². The molecule has 10 heteroatoms. The Bertz CT molecular complexity index is 994. The van der Waals surface area contributed by atoms with Gasteiger partial charge in [-0.1, -0.05) is 13.0 Å². The first-order chi connectivity index (χ1) is 13.7. The molecule has 1 aliphatic heterocycles. The van der Waals surface area contributed by atoms with Crippen LogP contribution in [0.4, 0.5) is 0 Å². The summed E-state index contributed by atoms with van der Waals surface area (Å²) in [7, 11) is 0. The SMILES string of the molecule is CC/C=C/c1cc2c(O)c(OC3OC(C(=O)O)C(O)C(O)C3O)ccc2c(=O)o1. The first-order valence-corrected chi connectivity index (χ1v) is 8.80. The van der Waals surface area contributed by atoms with Gasteiger partial charge in [0.15, 0.2) is 17.6 Å². The molecule has 0 amide bonds. The minimum atomic E-state index is -1.87. The maximum Gasteiger partial charge on any atom is 0.344 e. The average Bonchev–Trinajstić information content (AvgIpc) is 2.68. The number of benzene rings is 1. The van der Waals surface area contributed by atoms with Crippen molar-refractivity contribution < 1.29 is 44.2 Å². The predicted octanol–water partition coefficient (Wildman–Crippen LogP) is 0.193. The van der Waals surface area contributed by atoms with E-state index in [0.717, 1.165) is 0 Å². The van der Waals surface area contributed by atoms with Crippen molar-refractivity contribution in [2.24, 2.45) is 0 Å². The standard InChI is InChI=1S/C19H20O10/c1-2-3-4-8-7-10-9(18(26)27-8)5-6-11(12(10)20)28-19-15(23)13(21)14(22)16(29-19)17(24)25/h3-7,13-16,19-23H,2H2,1H3,(H,24,25)/b4-3+. The molecule has 0 aliphatic carbocycles. The number of carboxylic acid groups (broad SMARTS) is 1. The Labute approximate surface area is 163 Å². The van der Waals surface area contributed by atoms with Gasteiger partial charge in [0.05, 0.1) is 5.39 Å². The molecule has 3 rings (SSSR count). The van der Waals surface area contributed by atoms with Gasteiger partial charge in [0.1, 0.15) is 24.1 Å². The van der Waals surface area contributed by atoms with Crippen molar-refractivity contribution >= 4 is 22.8 Å². The second-order valence-electron chi connectivity index (χ2n) is 6.47. The van der Waals surface area contributed by atoms with Gasteiger partial charge in [-0.15, -0.1) is 0 Å². The van der Waals surface area contributed by atoms with Crippen LogP contribution in [0.5, 0.6) is 11.5 Å². The van der Waals surface area contributed by atoms with Gasteiger partial charge in [-0.3, -0.25) is 0 Å². The molecule has 2 aromatic rings. The van der Waals surface area contributed by atoms with Crippen LogP contribution in [-0.2, 0) is 9.53 Å². The van der Waals surface area contributed by atoms with Crippen molar-refractivity contribution in [3.05, 3.63) is 40.5 Å². The first-order valence-electron chi connectivity index (χ1n) is 8.80. The number of hydrogen-bond donors (Lipinski definition) is 5. The third kappa shape index (κ3) is 3.96. The van der Waals surface area contributed by atoms with Crippen molar-refractivity contribution in [3.8, 4) is 11.5 Å². The molecule has 5 N–H and O–H groups in total. The Morgan fingerprint density at radius 2 is 1.90 bits per heavy atom. The molecule has 5 atom stereocenters. The summed E-state index contributed by atoms with van der Waals surface area (Å²) in [4.78, 5) is 23.3. The van der Waals surface area contributed by atoms with Gasteiger partial charge < -0.3 is 39.4 Å². The highest BCUT2D eigenvalue weighted by Crippen LogP contribution is 2.36. The van der Waals surface area contributed by atoms with Crippen molar-refractivity contribution in [2.75, 3.05) is 0 Å². The van der Waals surface area contributed by atoms with E-state index in [-0.39, 0.29) is 22.3 Å². The lowest BCUT2D eigenvalue weighted by atomic mass is 9.99. The molecule has 2 heterocycles. The molecule has 29 heavy (non-hydrogen) atoms. The van der Waals surface area contributed by atoms with Crippen LogP contribution in [0.25, 0.3) is 16.8 Å². The number of fused-ring (bicyclic) bond motifs is 1. The molecular formula is C19H20O10. The summed E-state index contributed by atoms with van der Waals surface area (Å²) >= 11 is 0. The third-order valence-corrected chi connectivity index (χ3v) is 4.47. The van der Waals surface area contributed by atoms with E-state index in [2.05, 4.69) is 0 Å². The first kappa shape index (κ1) is 20.8. The lowest BCUT2D eigenvalue weighted by Crippen LogP contribution is -2.61. The van der Waals surface area contributed by atoms with E-state index in [1.807, 2.05) is 6.92 Å². The fourth-order valence-electron chi connectivity index (χ4n) is 2.93. The summed E-state index contributed by atoms with van der Waals surface area (Å²) in [5, 5.41) is 49.4. The number of phenols is 1. The van der Waals surface area contributed by atoms with Crippen LogP contribution in [-0.4, -0.2) is 62.2 Å². The molecule has 10 nitrogen and oxygen atoms in total. The largest absolute Gasteiger partial charge is 0.504 e. The molecule has 1 aromatic heterocycles. The summed E-state index contributed by atoms with van der Waals surface area (Å²) in [6.07, 6.45) is -5.04. The number of hydrogen-bond acceptors (Lipinski definition) is 9. The second-order valence-corrected chi connectivity index (χ2v) is 6.47. The highest BCUT2D eigenvalue weighted by Gasteiger charge is 2.48. The van der Waals surface area contributed by atoms with E-state index in [1.165, 1.54) is 18.2 Å². The molecule has 0 bridgehead atoms. The third-order valence-electron chi connectivity index (χ3n) is 4.47. The Hall–Kier alpha value is -2.92. The van der Waals surface area contributed by atoms with Crippen LogP contribution < -0.4 is 10.4 Å². The van der Waals surface area contributed by atoms with Crippen molar-refractivity contribution in [1.82, 2.24) is 0 Å². The summed E-state index contributed by atoms with van der Waals surface area (Å²) in [6.45, 7) is 1.89. The number of phenolic OH excluding ortho intramolecular Hbond substituents is 1. The molecule has 0 radical (unpaired) electrons. The molecule has 5 unspecified atom stereocenters. The predicted molar refractivity (Wildman–Crippen MR) is 98.4 cm³/mol. The fourth-order valence-corrected chi connectivity index (χ4v) is 2.93. The highest BCUT2D eigenvalue weighted by molar-refractivity contribution is 5.90. The van der Waals surface area contributed by atoms with Gasteiger partial charge in [0.25, 0.3) is 0 Å². The molecule has 1 fully saturated rings. The van der Waals surface area contributed by atoms with Crippen LogP contribution >= 0.6 is 0 Å². The van der Waals surface area contributed by atoms with E-state index in [9.17, 15) is 30.0 Å². The van der Waals surface area contributed by atoms with Crippen LogP contribution in [0.1, 0.15) is 19.1 Å². The average molecular weight is 408 g/mol. The Balaban J connectivity index is 1.97. The molecule has 0 saturated carbocycles. The number of aliphatic hydroxyl groups is 3. The highest BCUT2D eigenvalue weighted by atomic mass is 16.7. The summed E-state index contributed by atoms with van der Waals surface area (Å²) in [5.41, 5.74) is -0.682. The lowest BCUT2D eigenvalue weighted by molar-refractivity contribution is -0.271. The van der Waals surface area contributed by atoms with Crippen molar-refractivity contribution in [3.63, 3.8) is 0 Å². The lowest BCUT2D eigenvalue weighted by Gasteiger charge is -2.38. The number of allylic oxidation sites excluding steroid dienone is 1. The van der Waals surface area contributed by atoms with Gasteiger partial charge in [0, 0.05) is 5.39 Å². The van der Waals surface area contributed by atoms with Gasteiger partial charge >= 0.3 is 11.6 Å². The minimum absolute atomic E-state index is 0.0764. The van der Waals surface area contributed by atoms with Crippen LogP contribution in [0, 0.1) is 0 Å². The van der Waals surface area contributed by atoms with E-state index in [1.54, 1.807) is 12.2 Å². The van der Waals surface area contributed by atoms with Gasteiger partial charge in [-0.25, -0.2) is 9.59 Å². The zero-order valence-corrected chi connectivity index (χ0v) is 15.3. The van der Waals surface area contributed by atoms with Gasteiger partial charge in [0.2, 0.25) is 6.29 Å². The van der Waals surface area contributed by atoms with Crippen molar-refractivity contribution in [1.29, 1.82) is 0 Å². The number of carbonyl (C=O) groups is 1. The zero-order valence-electron chi connectivity index (χ0n) is 15.3. The molecule has 1 aromatic carbocycles. The van der Waals surface area contributed by atoms with E-state index < -0.39 is 48.1 Å². The summed E-state index contributed by atoms with van der Waals surface area (Å²) in [6, 6.07) is 3.94. The Morgan fingerprint density at radius 1 is 1.17 bits per heavy atom. The van der Waals surface area contributed by atoms with Crippen LogP contribution in [0.3, 0.4) is 0 Å². The fraction of sp³-hybridized carbons (Fsp3) is 0.368. The Morgan fingerprint density at radius 3 is 2.55 bits per heavy atom. The van der Waals surface area contributed by atoms with Crippen LogP contribution in [0.2, 0.25) is 0 Å². The number of rotatable bonds is 5. The number of aromatic hydroxyl groups is 1. The smallest absolute Gasteiger partial charge is 0.344 e. The summed E-state index contributed by atoms with van der Waals surface area (Å²) in [5.74, 6) is -2.06. The molecular weight excluding hydrogens is 388 g/mol. The maximum absolute atomic E-state index is 12.1. The normalized spacial score (nSPS) is 27.4. The van der Waals surface area contributed by atoms with E-state index in [0.29, 0.717) is 6.42 Å². The maximum atomic E-state index is 12.1. The number of aliphatic carboxylic acids is 1. The van der Waals surface area contributed by atoms with Crippen molar-refractivity contribution in [2.45, 2.75) is 44.1 Å². The van der Waals surface area contributed by atoms with Gasteiger partial charge in [-0.2, -0.15) is 0 Å². The van der Waals surface area contributed by atoms with E-state index in [4.69, 9.17) is 19.0 Å². The molecule has 1 saturated heterocycles. The molecule has 1 aliphatic rings. The van der Waals surface area contributed by atoms with Gasteiger partial charge in [-0.05, 0) is 30.7 Å². The number of aliphatic hydroxyl groups excluding tert-OH is 3. The minimum Gasteiger partial charge on any atom is -0.504 e. The summed E-state index contributed by atoms with van der Waals surface area (Å²) < 4.78 is 15.5.